The van der Waals surface area contributed by atoms with Crippen molar-refractivity contribution in [3.8, 4) is 33.8 Å². The predicted octanol–water partition coefficient (Wildman–Crippen LogP) is 15.8. The fraction of sp³-hybridized carbons (Fsp3) is 0.0690. The van der Waals surface area contributed by atoms with Crippen molar-refractivity contribution in [3.05, 3.63) is 239 Å². The Hall–Kier alpha value is -5.31. The van der Waals surface area contributed by atoms with E-state index in [-0.39, 0.29) is 29.9 Å². The Balaban J connectivity index is 0.000000148. The monoisotopic (exact) mass is 1150 g/mol. The molecule has 3 aromatic heterocycles. The molecule has 6 nitrogen and oxygen atoms in total. The van der Waals surface area contributed by atoms with Crippen molar-refractivity contribution in [2.24, 2.45) is 0 Å². The second kappa shape index (κ2) is 22.4. The van der Waals surface area contributed by atoms with Crippen molar-refractivity contribution >= 4 is 115 Å². The molecule has 1 aliphatic rings. The Morgan fingerprint density at radius 1 is 0.557 bits per heavy atom. The van der Waals surface area contributed by atoms with Crippen molar-refractivity contribution < 1.29 is 42.0 Å². The molecule has 1 aliphatic heterocycles. The number of halogens is 5. The minimum Gasteiger partial charge on any atom is -0.453 e. The van der Waals surface area contributed by atoms with Crippen molar-refractivity contribution in [3.63, 3.8) is 0 Å². The smallest absolute Gasteiger partial charge is 0.453 e. The molecule has 11 aromatic rings. The standard InChI is InChI=1S/C27H16BrClO3.C15H6BrClO3.C12H9Br.C4H9.Li/c28-17-10-13-23-20(14-17)25-26(32-23)27(30,22-12-11-18(29)15-24(22)31-25)21-9-5-4-8-19(21)16-6-2-1-3-7-16;16-7-1-4-11-10(5-7)14-15(19-11)13(18)9-3-2-8(17)6-12(9)20-14;13-12-9-5-4-8-11(12)10-6-2-1-3-7-10;1-3-4-2;/h1-15,30H;1-6H;1-9H;1,3-4H2,2H3;/q;;;-1;+1. The summed E-state index contributed by atoms with van der Waals surface area (Å²) in [4.78, 5) is 12.4. The number of unbranched alkanes of at least 4 members (excludes halogenated alkanes) is 1. The minimum atomic E-state index is -1.58. The molecule has 0 saturated heterocycles. The molecule has 1 atom stereocenters. The number of furan rings is 2. The van der Waals surface area contributed by atoms with Crippen molar-refractivity contribution in [2.75, 3.05) is 0 Å². The third kappa shape index (κ3) is 10.4. The van der Waals surface area contributed by atoms with Crippen LogP contribution in [0.1, 0.15) is 36.7 Å². The average molecular weight is 1150 g/mol. The first-order valence-corrected chi connectivity index (χ1v) is 25.0. The second-order valence-electron chi connectivity index (χ2n) is 15.9. The molecular weight excluding hydrogens is 1110 g/mol. The fourth-order valence-electron chi connectivity index (χ4n) is 8.05. The number of aliphatic hydroxyl groups is 1. The van der Waals surface area contributed by atoms with Crippen LogP contribution in [0.2, 0.25) is 10.0 Å². The summed E-state index contributed by atoms with van der Waals surface area (Å²) in [7, 11) is 0. The Kier molecular flexibility index (Phi) is 16.3. The third-order valence-corrected chi connectivity index (χ3v) is 13.6. The van der Waals surface area contributed by atoms with Crippen LogP contribution >= 0.6 is 71.0 Å². The van der Waals surface area contributed by atoms with Crippen LogP contribution < -0.4 is 29.0 Å². The van der Waals surface area contributed by atoms with Gasteiger partial charge in [0, 0.05) is 40.7 Å². The summed E-state index contributed by atoms with van der Waals surface area (Å²) in [6, 6.07) is 57.8. The first kappa shape index (κ1) is 51.1. The van der Waals surface area contributed by atoms with Crippen LogP contribution in [0, 0.1) is 6.92 Å². The predicted molar refractivity (Wildman–Crippen MR) is 292 cm³/mol. The summed E-state index contributed by atoms with van der Waals surface area (Å²) in [5.41, 5.74) is 6.29. The van der Waals surface area contributed by atoms with Crippen molar-refractivity contribution in [1.29, 1.82) is 0 Å². The Morgan fingerprint density at radius 2 is 1.10 bits per heavy atom. The van der Waals surface area contributed by atoms with Crippen molar-refractivity contribution in [2.45, 2.75) is 25.4 Å². The summed E-state index contributed by atoms with van der Waals surface area (Å²) in [5, 5.41) is 15.6. The molecule has 0 bridgehead atoms. The van der Waals surface area contributed by atoms with Crippen LogP contribution in [0.4, 0.5) is 0 Å². The van der Waals surface area contributed by atoms with E-state index in [1.165, 1.54) is 17.5 Å². The molecule has 12 rings (SSSR count). The molecule has 0 saturated carbocycles. The van der Waals surface area contributed by atoms with Crippen LogP contribution in [-0.4, -0.2) is 5.11 Å². The molecule has 12 heteroatoms. The van der Waals surface area contributed by atoms with Gasteiger partial charge in [-0.05, 0) is 89.0 Å². The maximum absolute atomic E-state index is 12.5. The summed E-state index contributed by atoms with van der Waals surface area (Å²) in [6.07, 6.45) is 2.28. The van der Waals surface area contributed by atoms with Crippen molar-refractivity contribution in [1.82, 2.24) is 0 Å². The van der Waals surface area contributed by atoms with Gasteiger partial charge in [-0.3, -0.25) is 4.79 Å². The topological polar surface area (TPSA) is 86.0 Å². The van der Waals surface area contributed by atoms with Crippen LogP contribution in [0.3, 0.4) is 0 Å². The number of ether oxygens (including phenoxy) is 1. The van der Waals surface area contributed by atoms with Gasteiger partial charge in [0.25, 0.3) is 0 Å². The Bertz CT molecular complexity index is 3690. The zero-order valence-electron chi connectivity index (χ0n) is 37.8. The van der Waals surface area contributed by atoms with Gasteiger partial charge in [0.2, 0.25) is 11.0 Å². The fourth-order valence-corrected chi connectivity index (χ4v) is 9.61. The van der Waals surface area contributed by atoms with E-state index in [4.69, 9.17) is 41.2 Å². The van der Waals surface area contributed by atoms with Gasteiger partial charge in [-0.1, -0.05) is 194 Å². The van der Waals surface area contributed by atoms with E-state index in [0.29, 0.717) is 66.1 Å². The van der Waals surface area contributed by atoms with Gasteiger partial charge in [0.1, 0.15) is 22.5 Å². The first-order chi connectivity index (χ1) is 33.5. The molecule has 0 radical (unpaired) electrons. The van der Waals surface area contributed by atoms with Gasteiger partial charge >= 0.3 is 18.9 Å². The number of hydrogen-bond acceptors (Lipinski definition) is 6. The van der Waals surface area contributed by atoms with E-state index in [9.17, 15) is 9.90 Å². The SMILES string of the molecule is Brc1ccccc1-c1ccccc1.O=c1c2ccc(Cl)cc2oc2c1oc1ccc(Br)cc12.OC1(c2ccccc2-c2ccccc2)c2ccc(Cl)cc2Oc2c1oc1ccc(Br)cc21.[CH2-]CCC.[Li+]. The quantitative estimate of drug-likeness (QED) is 0.140. The van der Waals surface area contributed by atoms with Gasteiger partial charge in [0.05, 0.1) is 16.2 Å². The van der Waals surface area contributed by atoms with E-state index in [0.717, 1.165) is 41.7 Å². The second-order valence-corrected chi connectivity index (χ2v) is 19.5. The van der Waals surface area contributed by atoms with E-state index in [1.807, 2.05) is 103 Å². The van der Waals surface area contributed by atoms with Crippen LogP contribution in [0.15, 0.2) is 213 Å². The van der Waals surface area contributed by atoms with E-state index < -0.39 is 5.60 Å². The molecule has 4 heterocycles. The molecule has 1 unspecified atom stereocenters. The Morgan fingerprint density at radius 3 is 1.76 bits per heavy atom. The summed E-state index contributed by atoms with van der Waals surface area (Å²) in [5.74, 6) is 1.34. The van der Waals surface area contributed by atoms with Gasteiger partial charge in [-0.2, -0.15) is 6.42 Å². The summed E-state index contributed by atoms with van der Waals surface area (Å²) in [6.45, 7) is 5.72. The molecule has 0 fully saturated rings. The maximum Gasteiger partial charge on any atom is 1.00 e. The number of rotatable bonds is 4. The average Bonchev–Trinajstić information content (AvgIpc) is 3.93. The number of fused-ring (bicyclic) bond motifs is 8. The third-order valence-electron chi connectivity index (χ3n) is 11.4. The molecule has 344 valence electrons. The molecule has 8 aromatic carbocycles. The summed E-state index contributed by atoms with van der Waals surface area (Å²) >= 11 is 22.7. The first-order valence-electron chi connectivity index (χ1n) is 21.9. The molecule has 70 heavy (non-hydrogen) atoms. The van der Waals surface area contributed by atoms with Crippen LogP contribution in [0.5, 0.6) is 11.5 Å². The van der Waals surface area contributed by atoms with E-state index in [2.05, 4.69) is 98.0 Å². The molecule has 0 amide bonds. The maximum atomic E-state index is 12.5. The van der Waals surface area contributed by atoms with Gasteiger partial charge in [-0.15, -0.1) is 0 Å². The molecular formula is C58H40Br3Cl2LiO6. The van der Waals surface area contributed by atoms with Gasteiger partial charge in [0.15, 0.2) is 22.7 Å². The Labute approximate surface area is 451 Å². The number of benzene rings is 8. The molecule has 0 aliphatic carbocycles. The van der Waals surface area contributed by atoms with E-state index in [1.54, 1.807) is 42.5 Å². The largest absolute Gasteiger partial charge is 1.00 e. The van der Waals surface area contributed by atoms with Gasteiger partial charge in [-0.25, -0.2) is 0 Å². The molecule has 0 spiro atoms. The number of hydrogen-bond donors (Lipinski definition) is 1. The van der Waals surface area contributed by atoms with Crippen LogP contribution in [-0.2, 0) is 5.60 Å². The summed E-state index contributed by atoms with van der Waals surface area (Å²) < 4.78 is 26.9. The normalized spacial score (nSPS) is 13.4. The minimum absolute atomic E-state index is 0. The van der Waals surface area contributed by atoms with Gasteiger partial charge < -0.3 is 30.0 Å². The molecule has 1 N–H and O–H groups in total. The zero-order valence-corrected chi connectivity index (χ0v) is 44.1. The zero-order chi connectivity index (χ0) is 48.2. The van der Waals surface area contributed by atoms with Crippen LogP contribution in [0.25, 0.3) is 66.3 Å². The van der Waals surface area contributed by atoms with E-state index >= 15 is 0 Å².